The minimum absolute atomic E-state index is 0. The van der Waals surface area contributed by atoms with Gasteiger partial charge in [-0.2, -0.15) is 0 Å². The van der Waals surface area contributed by atoms with Crippen LogP contribution in [0.1, 0.15) is 31.9 Å². The van der Waals surface area contributed by atoms with Crippen molar-refractivity contribution >= 4 is 21.8 Å². The molecular formula is C41H37IrN3-2. The molecule has 0 aliphatic carbocycles. The Bertz CT molecular complexity index is 2010. The summed E-state index contributed by atoms with van der Waals surface area (Å²) < 4.78 is 2.44. The number of aromatic nitrogens is 3. The van der Waals surface area contributed by atoms with E-state index in [1.54, 1.807) is 0 Å². The van der Waals surface area contributed by atoms with Gasteiger partial charge in [-0.3, -0.25) is 0 Å². The Labute approximate surface area is 280 Å². The Hall–Kier alpha value is -4.37. The topological polar surface area (TPSA) is 30.7 Å². The van der Waals surface area contributed by atoms with Gasteiger partial charge in [-0.1, -0.05) is 92.4 Å². The van der Waals surface area contributed by atoms with Gasteiger partial charge in [-0.05, 0) is 64.8 Å². The Morgan fingerprint density at radius 2 is 1.53 bits per heavy atom. The van der Waals surface area contributed by atoms with E-state index in [0.717, 1.165) is 35.5 Å². The summed E-state index contributed by atoms with van der Waals surface area (Å²) >= 11 is 0. The van der Waals surface area contributed by atoms with Crippen molar-refractivity contribution in [2.45, 2.75) is 40.7 Å². The van der Waals surface area contributed by atoms with Crippen molar-refractivity contribution in [2.75, 3.05) is 0 Å². The van der Waals surface area contributed by atoms with Gasteiger partial charge in [0.05, 0.1) is 0 Å². The number of hydrogen-bond acceptors (Lipinski definition) is 2. The summed E-state index contributed by atoms with van der Waals surface area (Å²) in [5.41, 5.74) is 11.6. The number of nitrogens with zero attached hydrogens (tertiary/aromatic N) is 3. The van der Waals surface area contributed by atoms with E-state index in [1.165, 1.54) is 44.1 Å². The molecule has 0 N–H and O–H groups in total. The average molecular weight is 764 g/mol. The molecule has 0 atom stereocenters. The quantitative estimate of drug-likeness (QED) is 0.158. The van der Waals surface area contributed by atoms with Gasteiger partial charge in [0.2, 0.25) is 0 Å². The zero-order chi connectivity index (χ0) is 30.5. The van der Waals surface area contributed by atoms with E-state index < -0.39 is 0 Å². The molecule has 3 heterocycles. The van der Waals surface area contributed by atoms with Crippen molar-refractivity contribution in [1.29, 1.82) is 0 Å². The van der Waals surface area contributed by atoms with E-state index in [0.29, 0.717) is 5.92 Å². The average Bonchev–Trinajstić information content (AvgIpc) is 3.38. The van der Waals surface area contributed by atoms with E-state index in [1.807, 2.05) is 54.9 Å². The van der Waals surface area contributed by atoms with Gasteiger partial charge < -0.3 is 14.5 Å². The maximum absolute atomic E-state index is 4.61. The van der Waals surface area contributed by atoms with E-state index in [-0.39, 0.29) is 20.1 Å². The molecule has 0 fully saturated rings. The number of para-hydroxylation sites is 1. The monoisotopic (exact) mass is 764 g/mol. The predicted octanol–water partition coefficient (Wildman–Crippen LogP) is 10.4. The Balaban J connectivity index is 0.000000177. The summed E-state index contributed by atoms with van der Waals surface area (Å²) in [6.07, 6.45) is 4.85. The molecule has 1 radical (unpaired) electrons. The Morgan fingerprint density at radius 3 is 2.27 bits per heavy atom. The second-order valence-electron chi connectivity index (χ2n) is 11.6. The standard InChI is InChI=1S/C22H21N2.C19H16N.Ir/c1-15(2)14-24-21-10-5-4-7-17(21)18-8-6-9-19(22(18)24)20-13-16(3)11-12-23-20;1-2-15-13-19(17-11-7-4-8-12-17)20-14-18(15)16-9-5-3-6-10-16;/h4-8,10-13,15H,14H2,1-3H3;3-11,13-14H,2H2,1H3;/q2*-1;. The number of hydrogen-bond donors (Lipinski definition) is 0. The number of pyridine rings is 2. The van der Waals surface area contributed by atoms with Crippen molar-refractivity contribution in [3.63, 3.8) is 0 Å². The fraction of sp³-hybridized carbons (Fsp3) is 0.171. The van der Waals surface area contributed by atoms with Gasteiger partial charge in [-0.15, -0.1) is 59.7 Å². The van der Waals surface area contributed by atoms with Crippen molar-refractivity contribution in [3.05, 3.63) is 145 Å². The second-order valence-corrected chi connectivity index (χ2v) is 11.6. The number of aryl methyl sites for hydroxylation is 2. The maximum Gasteiger partial charge on any atom is 0.0391 e. The summed E-state index contributed by atoms with van der Waals surface area (Å²) in [6.45, 7) is 9.80. The van der Waals surface area contributed by atoms with Gasteiger partial charge in [0.1, 0.15) is 0 Å². The maximum atomic E-state index is 4.61. The summed E-state index contributed by atoms with van der Waals surface area (Å²) in [6, 6.07) is 44.3. The number of rotatable bonds is 6. The molecule has 227 valence electrons. The van der Waals surface area contributed by atoms with E-state index in [2.05, 4.69) is 121 Å². The first kappa shape index (κ1) is 32.0. The van der Waals surface area contributed by atoms with Crippen LogP contribution >= 0.6 is 0 Å². The van der Waals surface area contributed by atoms with Gasteiger partial charge >= 0.3 is 0 Å². The van der Waals surface area contributed by atoms with Crippen LogP contribution in [0.3, 0.4) is 0 Å². The first-order chi connectivity index (χ1) is 21.5. The molecule has 3 nitrogen and oxygen atoms in total. The van der Waals surface area contributed by atoms with Crippen LogP contribution in [0.5, 0.6) is 0 Å². The molecule has 0 aliphatic heterocycles. The smallest absolute Gasteiger partial charge is 0.0391 e. The van der Waals surface area contributed by atoms with Crippen LogP contribution in [0, 0.1) is 25.0 Å². The van der Waals surface area contributed by atoms with Gasteiger partial charge in [0.15, 0.2) is 0 Å². The SMILES string of the molecule is CCc1cc(-c2[c-]cccc2)ncc1-c1ccccc1.Cc1ccnc(-c2[c-]ccc3c4ccccc4n(CC(C)C)c23)c1.[Ir]. The zero-order valence-electron chi connectivity index (χ0n) is 26.2. The largest absolute Gasteiger partial charge is 0.380 e. The number of benzene rings is 4. The van der Waals surface area contributed by atoms with Crippen LogP contribution < -0.4 is 0 Å². The minimum Gasteiger partial charge on any atom is -0.380 e. The first-order valence-corrected chi connectivity index (χ1v) is 15.4. The zero-order valence-corrected chi connectivity index (χ0v) is 28.6. The molecule has 4 aromatic carbocycles. The molecule has 0 amide bonds. The summed E-state index contributed by atoms with van der Waals surface area (Å²) in [5, 5.41) is 2.58. The molecular weight excluding hydrogens is 727 g/mol. The van der Waals surface area contributed by atoms with Crippen LogP contribution in [0.25, 0.3) is 55.4 Å². The third kappa shape index (κ3) is 6.99. The molecule has 45 heavy (non-hydrogen) atoms. The van der Waals surface area contributed by atoms with Crippen LogP contribution in [0.2, 0.25) is 0 Å². The first-order valence-electron chi connectivity index (χ1n) is 15.4. The summed E-state index contributed by atoms with van der Waals surface area (Å²) in [7, 11) is 0. The van der Waals surface area contributed by atoms with Gasteiger partial charge in [0.25, 0.3) is 0 Å². The molecule has 0 saturated carbocycles. The third-order valence-electron chi connectivity index (χ3n) is 7.88. The molecule has 0 spiro atoms. The fourth-order valence-corrected chi connectivity index (χ4v) is 5.84. The Kier molecular flexibility index (Phi) is 10.4. The molecule has 0 unspecified atom stereocenters. The van der Waals surface area contributed by atoms with E-state index in [4.69, 9.17) is 0 Å². The molecule has 3 aromatic heterocycles. The Morgan fingerprint density at radius 1 is 0.756 bits per heavy atom. The van der Waals surface area contributed by atoms with Crippen molar-refractivity contribution < 1.29 is 20.1 Å². The van der Waals surface area contributed by atoms with Crippen molar-refractivity contribution in [1.82, 2.24) is 14.5 Å². The summed E-state index contributed by atoms with van der Waals surface area (Å²) in [4.78, 5) is 9.21. The van der Waals surface area contributed by atoms with Crippen LogP contribution in [0.4, 0.5) is 0 Å². The normalized spacial score (nSPS) is 10.9. The number of fused-ring (bicyclic) bond motifs is 3. The van der Waals surface area contributed by atoms with Gasteiger partial charge in [-0.25, -0.2) is 0 Å². The molecule has 0 bridgehead atoms. The third-order valence-corrected chi connectivity index (χ3v) is 7.88. The van der Waals surface area contributed by atoms with Gasteiger partial charge in [0, 0.05) is 50.1 Å². The fourth-order valence-electron chi connectivity index (χ4n) is 5.84. The molecule has 4 heteroatoms. The predicted molar refractivity (Wildman–Crippen MR) is 184 cm³/mol. The van der Waals surface area contributed by atoms with Crippen molar-refractivity contribution in [2.24, 2.45) is 5.92 Å². The molecule has 7 rings (SSSR count). The van der Waals surface area contributed by atoms with E-state index >= 15 is 0 Å². The van der Waals surface area contributed by atoms with E-state index in [9.17, 15) is 0 Å². The summed E-state index contributed by atoms with van der Waals surface area (Å²) in [5.74, 6) is 0.572. The van der Waals surface area contributed by atoms with Crippen LogP contribution in [0.15, 0.2) is 122 Å². The second kappa shape index (κ2) is 14.6. The minimum atomic E-state index is 0. The molecule has 0 saturated heterocycles. The van der Waals surface area contributed by atoms with Crippen LogP contribution in [-0.2, 0) is 33.1 Å². The van der Waals surface area contributed by atoms with Crippen LogP contribution in [-0.4, -0.2) is 14.5 Å². The molecule has 0 aliphatic rings. The molecule has 7 aromatic rings. The van der Waals surface area contributed by atoms with Crippen molar-refractivity contribution in [3.8, 4) is 33.6 Å².